The molecule has 5 nitrogen and oxygen atoms in total. The van der Waals surface area contributed by atoms with Gasteiger partial charge in [0.2, 0.25) is 0 Å². The fraction of sp³-hybridized carbons (Fsp3) is 0.909. The molecule has 0 aromatic heterocycles. The number of rotatable bonds is 1. The van der Waals surface area contributed by atoms with Gasteiger partial charge in [-0.25, -0.2) is 4.79 Å². The highest BCUT2D eigenvalue weighted by Crippen LogP contribution is 2.28. The average molecular weight is 231 g/mol. The quantitative estimate of drug-likeness (QED) is 0.740. The Morgan fingerprint density at radius 1 is 1.56 bits per heavy atom. The maximum Gasteiger partial charge on any atom is 0.412 e. The summed E-state index contributed by atoms with van der Waals surface area (Å²) in [6, 6.07) is 0. The van der Waals surface area contributed by atoms with Gasteiger partial charge in [-0.05, 0) is 34.6 Å². The molecule has 0 unspecified atom stereocenters. The fourth-order valence-corrected chi connectivity index (χ4v) is 1.64. The molecule has 1 aliphatic rings. The van der Waals surface area contributed by atoms with Crippen LogP contribution in [0.2, 0.25) is 0 Å². The minimum absolute atomic E-state index is 0.0945. The Kier molecular flexibility index (Phi) is 3.50. The number of amides is 1. The molecule has 1 amide bonds. The second kappa shape index (κ2) is 4.22. The van der Waals surface area contributed by atoms with E-state index in [4.69, 9.17) is 14.6 Å². The predicted molar refractivity (Wildman–Crippen MR) is 59.0 cm³/mol. The number of carbonyl (C=O) groups excluding carboxylic acids is 1. The third-order valence-electron chi connectivity index (χ3n) is 2.31. The van der Waals surface area contributed by atoms with Gasteiger partial charge in [-0.3, -0.25) is 4.90 Å². The third kappa shape index (κ3) is 3.09. The highest BCUT2D eigenvalue weighted by Gasteiger charge is 2.43. The Balaban J connectivity index is 2.69. The van der Waals surface area contributed by atoms with Crippen LogP contribution in [0, 0.1) is 0 Å². The summed E-state index contributed by atoms with van der Waals surface area (Å²) in [5.74, 6) is 0. The van der Waals surface area contributed by atoms with Gasteiger partial charge in [-0.2, -0.15) is 0 Å². The van der Waals surface area contributed by atoms with Crippen LogP contribution in [0.3, 0.4) is 0 Å². The Morgan fingerprint density at radius 3 is 2.50 bits per heavy atom. The van der Waals surface area contributed by atoms with Crippen molar-refractivity contribution in [3.63, 3.8) is 0 Å². The smallest absolute Gasteiger partial charge is 0.412 e. The fourth-order valence-electron chi connectivity index (χ4n) is 1.64. The van der Waals surface area contributed by atoms with Gasteiger partial charge in [0.15, 0.2) is 0 Å². The largest absolute Gasteiger partial charge is 0.444 e. The number of hydrogen-bond acceptors (Lipinski definition) is 4. The zero-order valence-corrected chi connectivity index (χ0v) is 10.6. The van der Waals surface area contributed by atoms with Crippen LogP contribution in [0.25, 0.3) is 0 Å². The highest BCUT2D eigenvalue weighted by molar-refractivity contribution is 5.69. The van der Waals surface area contributed by atoms with Gasteiger partial charge in [0.1, 0.15) is 17.4 Å². The average Bonchev–Trinajstić information content (AvgIpc) is 2.37. The number of aliphatic hydroxyl groups is 1. The van der Waals surface area contributed by atoms with Crippen molar-refractivity contribution in [3.05, 3.63) is 0 Å². The first kappa shape index (κ1) is 13.3. The van der Waals surface area contributed by atoms with Crippen molar-refractivity contribution in [1.82, 2.24) is 4.90 Å². The van der Waals surface area contributed by atoms with E-state index < -0.39 is 17.4 Å². The monoisotopic (exact) mass is 231 g/mol. The summed E-state index contributed by atoms with van der Waals surface area (Å²) in [6.45, 7) is 9.29. The molecule has 1 saturated heterocycles. The van der Waals surface area contributed by atoms with Gasteiger partial charge in [0, 0.05) is 0 Å². The predicted octanol–water partition coefficient (Wildman–Crippen LogP) is 1.35. The number of aliphatic hydroxyl groups excluding tert-OH is 1. The maximum atomic E-state index is 11.9. The van der Waals surface area contributed by atoms with Gasteiger partial charge < -0.3 is 14.6 Å². The van der Waals surface area contributed by atoms with Crippen LogP contribution >= 0.6 is 0 Å². The van der Waals surface area contributed by atoms with Crippen molar-refractivity contribution < 1.29 is 19.4 Å². The SMILES string of the molecule is CC(C)(C)OC(=O)N1C[C@@H](CO)OC1(C)C. The van der Waals surface area contributed by atoms with E-state index in [0.717, 1.165) is 0 Å². The second-order valence-electron chi connectivity index (χ2n) is 5.46. The maximum absolute atomic E-state index is 11.9. The van der Waals surface area contributed by atoms with Crippen molar-refractivity contribution in [2.24, 2.45) is 0 Å². The lowest BCUT2D eigenvalue weighted by molar-refractivity contribution is -0.0864. The van der Waals surface area contributed by atoms with Crippen LogP contribution in [-0.2, 0) is 9.47 Å². The van der Waals surface area contributed by atoms with Gasteiger partial charge in [0.25, 0.3) is 0 Å². The zero-order chi connectivity index (χ0) is 12.6. The van der Waals surface area contributed by atoms with Gasteiger partial charge in [-0.1, -0.05) is 0 Å². The second-order valence-corrected chi connectivity index (χ2v) is 5.46. The van der Waals surface area contributed by atoms with Crippen LogP contribution in [-0.4, -0.2) is 46.7 Å². The van der Waals surface area contributed by atoms with Crippen LogP contribution < -0.4 is 0 Å². The lowest BCUT2D eigenvalue weighted by Gasteiger charge is -2.31. The molecule has 5 heteroatoms. The lowest BCUT2D eigenvalue weighted by Crippen LogP contribution is -2.46. The Labute approximate surface area is 96.3 Å². The van der Waals surface area contributed by atoms with E-state index in [9.17, 15) is 4.79 Å². The molecular weight excluding hydrogens is 210 g/mol. The van der Waals surface area contributed by atoms with Crippen LogP contribution in [0.1, 0.15) is 34.6 Å². The molecule has 1 atom stereocenters. The van der Waals surface area contributed by atoms with E-state index in [1.54, 1.807) is 13.8 Å². The van der Waals surface area contributed by atoms with E-state index >= 15 is 0 Å². The lowest BCUT2D eigenvalue weighted by atomic mass is 10.2. The molecule has 1 fully saturated rings. The molecule has 94 valence electrons. The normalized spacial score (nSPS) is 24.6. The number of hydrogen-bond donors (Lipinski definition) is 1. The van der Waals surface area contributed by atoms with E-state index in [-0.39, 0.29) is 12.7 Å². The van der Waals surface area contributed by atoms with Crippen LogP contribution in [0.5, 0.6) is 0 Å². The summed E-state index contributed by atoms with van der Waals surface area (Å²) in [5.41, 5.74) is -1.25. The van der Waals surface area contributed by atoms with E-state index in [1.165, 1.54) is 4.90 Å². The minimum Gasteiger partial charge on any atom is -0.444 e. The summed E-state index contributed by atoms with van der Waals surface area (Å²) in [6.07, 6.45) is -0.740. The van der Waals surface area contributed by atoms with Gasteiger partial charge >= 0.3 is 6.09 Å². The third-order valence-corrected chi connectivity index (χ3v) is 2.31. The molecule has 1 rings (SSSR count). The Hall–Kier alpha value is -0.810. The van der Waals surface area contributed by atoms with Crippen molar-refractivity contribution in [2.45, 2.75) is 52.0 Å². The number of ether oxygens (including phenoxy) is 2. The molecular formula is C11H21NO4. The van der Waals surface area contributed by atoms with Crippen molar-refractivity contribution in [1.29, 1.82) is 0 Å². The molecule has 0 radical (unpaired) electrons. The van der Waals surface area contributed by atoms with Gasteiger partial charge in [-0.15, -0.1) is 0 Å². The first-order chi connectivity index (χ1) is 7.15. The molecule has 1 aliphatic heterocycles. The minimum atomic E-state index is -0.726. The molecule has 0 aromatic rings. The standard InChI is InChI=1S/C11H21NO4/c1-10(2,3)16-9(14)12-6-8(7-13)15-11(12,4)5/h8,13H,6-7H2,1-5H3/t8-/m0/s1. The molecule has 0 aliphatic carbocycles. The molecule has 16 heavy (non-hydrogen) atoms. The summed E-state index contributed by atoms with van der Waals surface area (Å²) in [7, 11) is 0. The molecule has 1 N–H and O–H groups in total. The first-order valence-electron chi connectivity index (χ1n) is 5.45. The van der Waals surface area contributed by atoms with E-state index in [1.807, 2.05) is 20.8 Å². The highest BCUT2D eigenvalue weighted by atomic mass is 16.6. The zero-order valence-electron chi connectivity index (χ0n) is 10.6. The van der Waals surface area contributed by atoms with Crippen molar-refractivity contribution >= 4 is 6.09 Å². The Bertz CT molecular complexity index is 270. The number of carbonyl (C=O) groups is 1. The summed E-state index contributed by atoms with van der Waals surface area (Å²) in [4.78, 5) is 13.4. The molecule has 1 heterocycles. The van der Waals surface area contributed by atoms with Crippen LogP contribution in [0.15, 0.2) is 0 Å². The molecule has 0 aromatic carbocycles. The molecule has 0 saturated carbocycles. The van der Waals surface area contributed by atoms with Crippen molar-refractivity contribution in [3.8, 4) is 0 Å². The number of nitrogens with zero attached hydrogens (tertiary/aromatic N) is 1. The van der Waals surface area contributed by atoms with Crippen molar-refractivity contribution in [2.75, 3.05) is 13.2 Å². The summed E-state index contributed by atoms with van der Waals surface area (Å²) in [5, 5.41) is 9.03. The van der Waals surface area contributed by atoms with E-state index in [0.29, 0.717) is 6.54 Å². The van der Waals surface area contributed by atoms with Crippen LogP contribution in [0.4, 0.5) is 4.79 Å². The summed E-state index contributed by atoms with van der Waals surface area (Å²) < 4.78 is 10.8. The molecule has 0 spiro atoms. The topological polar surface area (TPSA) is 59.0 Å². The first-order valence-corrected chi connectivity index (χ1v) is 5.45. The Morgan fingerprint density at radius 2 is 2.12 bits per heavy atom. The molecule has 0 bridgehead atoms. The summed E-state index contributed by atoms with van der Waals surface area (Å²) >= 11 is 0. The van der Waals surface area contributed by atoms with Gasteiger partial charge in [0.05, 0.1) is 13.2 Å². The van der Waals surface area contributed by atoms with E-state index in [2.05, 4.69) is 0 Å².